The maximum Gasteiger partial charge on any atom is 0.129 e. The lowest BCUT2D eigenvalue weighted by Gasteiger charge is -2.20. The summed E-state index contributed by atoms with van der Waals surface area (Å²) in [7, 11) is 2.03. The van der Waals surface area contributed by atoms with Gasteiger partial charge in [0.15, 0.2) is 0 Å². The van der Waals surface area contributed by atoms with Gasteiger partial charge in [0.25, 0.3) is 0 Å². The average molecular weight is 276 g/mol. The van der Waals surface area contributed by atoms with Crippen LogP contribution < -0.4 is 4.90 Å². The van der Waals surface area contributed by atoms with Gasteiger partial charge >= 0.3 is 0 Å². The van der Waals surface area contributed by atoms with Crippen molar-refractivity contribution in [2.75, 3.05) is 11.9 Å². The fraction of sp³-hybridized carbons (Fsp3) is 0.400. The molecule has 0 spiro atoms. The Balaban J connectivity index is 2.24. The number of pyridine rings is 1. The number of aliphatic hydroxyl groups is 1. The minimum atomic E-state index is 0.0571. The van der Waals surface area contributed by atoms with Gasteiger partial charge in [0.05, 0.1) is 6.61 Å². The Morgan fingerprint density at radius 3 is 2.68 bits per heavy atom. The highest BCUT2D eigenvalue weighted by molar-refractivity contribution is 7.07. The Labute approximate surface area is 118 Å². The second-order valence-electron chi connectivity index (χ2n) is 5.06. The molecular formula is C15H20N2OS. The van der Waals surface area contributed by atoms with Crippen molar-refractivity contribution in [2.45, 2.75) is 32.9 Å². The summed E-state index contributed by atoms with van der Waals surface area (Å²) in [5, 5.41) is 13.6. The molecule has 0 aromatic carbocycles. The minimum Gasteiger partial charge on any atom is -0.392 e. The highest BCUT2D eigenvalue weighted by atomic mass is 32.1. The van der Waals surface area contributed by atoms with Crippen molar-refractivity contribution in [3.8, 4) is 0 Å². The van der Waals surface area contributed by atoms with Gasteiger partial charge in [-0.1, -0.05) is 13.8 Å². The van der Waals surface area contributed by atoms with Crippen LogP contribution in [0.25, 0.3) is 0 Å². The molecule has 19 heavy (non-hydrogen) atoms. The second-order valence-corrected chi connectivity index (χ2v) is 5.84. The Kier molecular flexibility index (Phi) is 4.56. The van der Waals surface area contributed by atoms with E-state index in [1.807, 2.05) is 19.2 Å². The van der Waals surface area contributed by atoms with Crippen LogP contribution in [0.5, 0.6) is 0 Å². The predicted molar refractivity (Wildman–Crippen MR) is 80.7 cm³/mol. The smallest absolute Gasteiger partial charge is 0.129 e. The molecule has 102 valence electrons. The zero-order chi connectivity index (χ0) is 13.8. The van der Waals surface area contributed by atoms with Crippen LogP contribution in [0.2, 0.25) is 0 Å². The van der Waals surface area contributed by atoms with Crippen LogP contribution in [-0.2, 0) is 13.2 Å². The normalized spacial score (nSPS) is 11.0. The third-order valence-corrected chi connectivity index (χ3v) is 3.79. The van der Waals surface area contributed by atoms with Gasteiger partial charge in [-0.3, -0.25) is 0 Å². The lowest BCUT2D eigenvalue weighted by atomic mass is 10.1. The van der Waals surface area contributed by atoms with Crippen molar-refractivity contribution in [3.05, 3.63) is 45.8 Å². The van der Waals surface area contributed by atoms with Crippen molar-refractivity contribution >= 4 is 17.2 Å². The van der Waals surface area contributed by atoms with E-state index in [0.717, 1.165) is 23.6 Å². The van der Waals surface area contributed by atoms with E-state index in [0.29, 0.717) is 5.92 Å². The van der Waals surface area contributed by atoms with Crippen molar-refractivity contribution in [2.24, 2.45) is 0 Å². The molecular weight excluding hydrogens is 256 g/mol. The summed E-state index contributed by atoms with van der Waals surface area (Å²) in [6.45, 7) is 5.13. The summed E-state index contributed by atoms with van der Waals surface area (Å²) >= 11 is 1.71. The molecule has 2 rings (SSSR count). The summed E-state index contributed by atoms with van der Waals surface area (Å²) in [5.41, 5.74) is 3.24. The second kappa shape index (κ2) is 6.17. The molecule has 4 heteroatoms. The summed E-state index contributed by atoms with van der Waals surface area (Å²) < 4.78 is 0. The molecule has 0 fully saturated rings. The molecule has 3 nitrogen and oxygen atoms in total. The van der Waals surface area contributed by atoms with Crippen molar-refractivity contribution in [3.63, 3.8) is 0 Å². The first-order valence-electron chi connectivity index (χ1n) is 6.44. The Bertz CT molecular complexity index is 523. The van der Waals surface area contributed by atoms with Gasteiger partial charge in [0.1, 0.15) is 5.82 Å². The van der Waals surface area contributed by atoms with Gasteiger partial charge in [0.2, 0.25) is 0 Å². The van der Waals surface area contributed by atoms with E-state index < -0.39 is 0 Å². The van der Waals surface area contributed by atoms with Crippen LogP contribution in [-0.4, -0.2) is 17.1 Å². The maximum atomic E-state index is 9.36. The molecule has 0 saturated heterocycles. The van der Waals surface area contributed by atoms with Crippen molar-refractivity contribution < 1.29 is 5.11 Å². The molecule has 2 aromatic rings. The van der Waals surface area contributed by atoms with Gasteiger partial charge in [-0.05, 0) is 46.0 Å². The van der Waals surface area contributed by atoms with Gasteiger partial charge in [-0.15, -0.1) is 0 Å². The van der Waals surface area contributed by atoms with E-state index in [9.17, 15) is 5.11 Å². The molecule has 0 bridgehead atoms. The monoisotopic (exact) mass is 276 g/mol. The topological polar surface area (TPSA) is 36.4 Å². The average Bonchev–Trinajstić information content (AvgIpc) is 2.90. The van der Waals surface area contributed by atoms with Crippen LogP contribution >= 0.6 is 11.3 Å². The SMILES string of the molecule is CC(C)c1cc(CO)cc(N(C)Cc2ccsc2)n1. The summed E-state index contributed by atoms with van der Waals surface area (Å²) in [6, 6.07) is 6.06. The van der Waals surface area contributed by atoms with E-state index in [-0.39, 0.29) is 6.61 Å². The standard InChI is InChI=1S/C15H20N2OS/c1-11(2)14-6-13(9-18)7-15(16-14)17(3)8-12-4-5-19-10-12/h4-7,10-11,18H,8-9H2,1-3H3. The fourth-order valence-electron chi connectivity index (χ4n) is 1.91. The zero-order valence-electron chi connectivity index (χ0n) is 11.6. The number of anilines is 1. The number of aromatic nitrogens is 1. The molecule has 0 aliphatic rings. The lowest BCUT2D eigenvalue weighted by Crippen LogP contribution is -2.18. The third-order valence-electron chi connectivity index (χ3n) is 3.06. The van der Waals surface area contributed by atoms with Crippen LogP contribution in [0, 0.1) is 0 Å². The van der Waals surface area contributed by atoms with Crippen molar-refractivity contribution in [1.29, 1.82) is 0 Å². The van der Waals surface area contributed by atoms with E-state index >= 15 is 0 Å². The molecule has 2 heterocycles. The number of hydrogen-bond acceptors (Lipinski definition) is 4. The first kappa shape index (κ1) is 14.0. The number of thiophene rings is 1. The minimum absolute atomic E-state index is 0.0571. The summed E-state index contributed by atoms with van der Waals surface area (Å²) in [5.74, 6) is 1.28. The number of hydrogen-bond donors (Lipinski definition) is 1. The van der Waals surface area contributed by atoms with E-state index in [4.69, 9.17) is 0 Å². The highest BCUT2D eigenvalue weighted by Crippen LogP contribution is 2.21. The summed E-state index contributed by atoms with van der Waals surface area (Å²) in [6.07, 6.45) is 0. The van der Waals surface area contributed by atoms with E-state index in [1.165, 1.54) is 5.56 Å². The van der Waals surface area contributed by atoms with E-state index in [1.54, 1.807) is 11.3 Å². The molecule has 0 atom stereocenters. The Morgan fingerprint density at radius 1 is 1.32 bits per heavy atom. The molecule has 0 amide bonds. The lowest BCUT2D eigenvalue weighted by molar-refractivity contribution is 0.281. The van der Waals surface area contributed by atoms with Crippen LogP contribution in [0.4, 0.5) is 5.82 Å². The van der Waals surface area contributed by atoms with Crippen LogP contribution in [0.1, 0.15) is 36.6 Å². The third kappa shape index (κ3) is 3.55. The van der Waals surface area contributed by atoms with Gasteiger partial charge < -0.3 is 10.0 Å². The maximum absolute atomic E-state index is 9.36. The number of nitrogens with zero attached hydrogens (tertiary/aromatic N) is 2. The highest BCUT2D eigenvalue weighted by Gasteiger charge is 2.10. The molecule has 1 N–H and O–H groups in total. The quantitative estimate of drug-likeness (QED) is 0.909. The molecule has 0 saturated carbocycles. The largest absolute Gasteiger partial charge is 0.392 e. The molecule has 0 aliphatic carbocycles. The van der Waals surface area contributed by atoms with Gasteiger partial charge in [-0.2, -0.15) is 11.3 Å². The van der Waals surface area contributed by atoms with Crippen LogP contribution in [0.3, 0.4) is 0 Å². The molecule has 0 aliphatic heterocycles. The van der Waals surface area contributed by atoms with Crippen LogP contribution in [0.15, 0.2) is 29.0 Å². The van der Waals surface area contributed by atoms with Crippen molar-refractivity contribution in [1.82, 2.24) is 4.98 Å². The van der Waals surface area contributed by atoms with Gasteiger partial charge in [0, 0.05) is 19.3 Å². The predicted octanol–water partition coefficient (Wildman–Crippen LogP) is 3.40. The molecule has 0 radical (unpaired) electrons. The number of rotatable bonds is 5. The molecule has 2 aromatic heterocycles. The number of aliphatic hydroxyl groups excluding tert-OH is 1. The first-order chi connectivity index (χ1) is 9.10. The first-order valence-corrected chi connectivity index (χ1v) is 7.38. The van der Waals surface area contributed by atoms with Gasteiger partial charge in [-0.25, -0.2) is 4.98 Å². The fourth-order valence-corrected chi connectivity index (χ4v) is 2.57. The zero-order valence-corrected chi connectivity index (χ0v) is 12.4. The molecule has 0 unspecified atom stereocenters. The van der Waals surface area contributed by atoms with E-state index in [2.05, 4.69) is 40.6 Å². The Hall–Kier alpha value is -1.39. The Morgan fingerprint density at radius 2 is 2.11 bits per heavy atom. The summed E-state index contributed by atoms with van der Waals surface area (Å²) in [4.78, 5) is 6.80.